The van der Waals surface area contributed by atoms with E-state index in [-0.39, 0.29) is 16.9 Å². The largest absolute Gasteiger partial charge is 0.471 e. The Labute approximate surface area is 93.4 Å². The fourth-order valence-electron chi connectivity index (χ4n) is 1.14. The molecule has 0 aliphatic carbocycles. The van der Waals surface area contributed by atoms with Gasteiger partial charge in [-0.25, -0.2) is 0 Å². The van der Waals surface area contributed by atoms with Crippen molar-refractivity contribution in [2.75, 3.05) is 5.32 Å². The second-order valence-corrected chi connectivity index (χ2v) is 3.21. The number of rotatable bonds is 2. The van der Waals surface area contributed by atoms with Crippen LogP contribution in [0.5, 0.6) is 0 Å². The van der Waals surface area contributed by atoms with Gasteiger partial charge in [0, 0.05) is 17.3 Å². The molecule has 8 heteroatoms. The number of nitro groups is 1. The molecule has 0 saturated heterocycles. The highest BCUT2D eigenvalue weighted by Gasteiger charge is 2.38. The highest BCUT2D eigenvalue weighted by Crippen LogP contribution is 2.23. The van der Waals surface area contributed by atoms with Gasteiger partial charge in [-0.2, -0.15) is 13.2 Å². The molecule has 0 atom stereocenters. The second kappa shape index (κ2) is 4.40. The lowest BCUT2D eigenvalue weighted by Crippen LogP contribution is -2.29. The van der Waals surface area contributed by atoms with Gasteiger partial charge >= 0.3 is 12.1 Å². The number of hydrogen-bond acceptors (Lipinski definition) is 3. The van der Waals surface area contributed by atoms with Gasteiger partial charge in [0.15, 0.2) is 0 Å². The first kappa shape index (κ1) is 12.9. The number of benzene rings is 1. The van der Waals surface area contributed by atoms with Crippen LogP contribution < -0.4 is 5.32 Å². The molecule has 0 aromatic heterocycles. The fraction of sp³-hybridized carbons (Fsp3) is 0.222. The number of carbonyl (C=O) groups is 1. The molecule has 0 spiro atoms. The Morgan fingerprint density at radius 3 is 2.41 bits per heavy atom. The summed E-state index contributed by atoms with van der Waals surface area (Å²) in [5.74, 6) is -2.12. The number of nitrogens with zero attached hydrogens (tertiary/aromatic N) is 1. The summed E-state index contributed by atoms with van der Waals surface area (Å²) in [6.07, 6.45) is -4.99. The molecule has 0 heterocycles. The lowest BCUT2D eigenvalue weighted by molar-refractivity contribution is -0.385. The summed E-state index contributed by atoms with van der Waals surface area (Å²) in [7, 11) is 0. The lowest BCUT2D eigenvalue weighted by atomic mass is 10.2. The van der Waals surface area contributed by atoms with Crippen LogP contribution in [0.1, 0.15) is 5.56 Å². The van der Waals surface area contributed by atoms with Crippen molar-refractivity contribution in [3.63, 3.8) is 0 Å². The topological polar surface area (TPSA) is 72.2 Å². The molecule has 0 fully saturated rings. The smallest absolute Gasteiger partial charge is 0.318 e. The zero-order chi connectivity index (χ0) is 13.2. The number of nitro benzene ring substituents is 1. The average Bonchev–Trinajstić information content (AvgIpc) is 2.15. The van der Waals surface area contributed by atoms with E-state index in [0.717, 1.165) is 18.2 Å². The minimum absolute atomic E-state index is 0.143. The fourth-order valence-corrected chi connectivity index (χ4v) is 1.14. The number of anilines is 1. The van der Waals surface area contributed by atoms with Gasteiger partial charge in [0.25, 0.3) is 5.69 Å². The van der Waals surface area contributed by atoms with E-state index in [1.807, 2.05) is 0 Å². The third-order valence-electron chi connectivity index (χ3n) is 1.91. The SMILES string of the molecule is Cc1cc(NC(=O)C(F)(F)F)ccc1[N+](=O)[O-]. The number of nitrogens with one attached hydrogen (secondary N) is 1. The van der Waals surface area contributed by atoms with Crippen molar-refractivity contribution >= 4 is 17.3 Å². The van der Waals surface area contributed by atoms with Crippen molar-refractivity contribution in [1.82, 2.24) is 0 Å². The predicted octanol–water partition coefficient (Wildman–Crippen LogP) is 2.40. The number of carbonyl (C=O) groups excluding carboxylic acids is 1. The van der Waals surface area contributed by atoms with Crippen LogP contribution in [0.15, 0.2) is 18.2 Å². The molecule has 5 nitrogen and oxygen atoms in total. The van der Waals surface area contributed by atoms with Crippen molar-refractivity contribution in [2.24, 2.45) is 0 Å². The lowest BCUT2D eigenvalue weighted by Gasteiger charge is -2.08. The molecule has 92 valence electrons. The third kappa shape index (κ3) is 3.16. The van der Waals surface area contributed by atoms with E-state index >= 15 is 0 Å². The molecule has 0 aliphatic heterocycles. The zero-order valence-electron chi connectivity index (χ0n) is 8.54. The van der Waals surface area contributed by atoms with Crippen LogP contribution in [0.25, 0.3) is 0 Å². The summed E-state index contributed by atoms with van der Waals surface area (Å²) >= 11 is 0. The summed E-state index contributed by atoms with van der Waals surface area (Å²) in [4.78, 5) is 20.4. The molecule has 1 aromatic carbocycles. The summed E-state index contributed by atoms with van der Waals surface area (Å²) in [6, 6.07) is 3.16. The van der Waals surface area contributed by atoms with Crippen LogP contribution in [-0.4, -0.2) is 17.0 Å². The van der Waals surface area contributed by atoms with Crippen molar-refractivity contribution < 1.29 is 22.9 Å². The van der Waals surface area contributed by atoms with Crippen LogP contribution in [-0.2, 0) is 4.79 Å². The molecule has 17 heavy (non-hydrogen) atoms. The van der Waals surface area contributed by atoms with E-state index in [1.54, 1.807) is 5.32 Å². The highest BCUT2D eigenvalue weighted by atomic mass is 19.4. The molecule has 1 aromatic rings. The summed E-state index contributed by atoms with van der Waals surface area (Å²) < 4.78 is 35.8. The summed E-state index contributed by atoms with van der Waals surface area (Å²) in [5, 5.41) is 12.1. The van der Waals surface area contributed by atoms with Gasteiger partial charge in [0.2, 0.25) is 0 Å². The first-order valence-electron chi connectivity index (χ1n) is 4.35. The molecule has 0 aliphatic rings. The minimum Gasteiger partial charge on any atom is -0.318 e. The Bertz CT molecular complexity index is 471. The monoisotopic (exact) mass is 248 g/mol. The quantitative estimate of drug-likeness (QED) is 0.645. The Morgan fingerprint density at radius 1 is 1.41 bits per heavy atom. The number of halogens is 3. The Balaban J connectivity index is 2.92. The molecular weight excluding hydrogens is 241 g/mol. The first-order valence-corrected chi connectivity index (χ1v) is 4.35. The predicted molar refractivity (Wildman–Crippen MR) is 52.5 cm³/mol. The zero-order valence-corrected chi connectivity index (χ0v) is 8.54. The Kier molecular flexibility index (Phi) is 3.35. The normalized spacial score (nSPS) is 11.1. The van der Waals surface area contributed by atoms with Gasteiger partial charge in [-0.15, -0.1) is 0 Å². The molecule has 1 rings (SSSR count). The summed E-state index contributed by atoms with van der Waals surface area (Å²) in [5.41, 5.74) is -0.208. The molecule has 0 bridgehead atoms. The van der Waals surface area contributed by atoms with Crippen molar-refractivity contribution in [2.45, 2.75) is 13.1 Å². The number of hydrogen-bond donors (Lipinski definition) is 1. The maximum Gasteiger partial charge on any atom is 0.471 e. The maximum absolute atomic E-state index is 11.9. The minimum atomic E-state index is -4.99. The molecule has 1 amide bonds. The number of aryl methyl sites for hydroxylation is 1. The second-order valence-electron chi connectivity index (χ2n) is 3.21. The third-order valence-corrected chi connectivity index (χ3v) is 1.91. The molecule has 1 N–H and O–H groups in total. The van der Waals surface area contributed by atoms with Crippen LogP contribution in [0.2, 0.25) is 0 Å². The van der Waals surface area contributed by atoms with Gasteiger partial charge in [0.05, 0.1) is 4.92 Å². The van der Waals surface area contributed by atoms with Crippen molar-refractivity contribution in [3.8, 4) is 0 Å². The van der Waals surface area contributed by atoms with Crippen LogP contribution in [0, 0.1) is 17.0 Å². The van der Waals surface area contributed by atoms with Gasteiger partial charge in [0.1, 0.15) is 0 Å². The van der Waals surface area contributed by atoms with Crippen LogP contribution >= 0.6 is 0 Å². The van der Waals surface area contributed by atoms with Gasteiger partial charge < -0.3 is 5.32 Å². The Morgan fingerprint density at radius 2 is 2.00 bits per heavy atom. The molecule has 0 radical (unpaired) electrons. The highest BCUT2D eigenvalue weighted by molar-refractivity contribution is 5.95. The van der Waals surface area contributed by atoms with E-state index in [4.69, 9.17) is 0 Å². The average molecular weight is 248 g/mol. The van der Waals surface area contributed by atoms with E-state index < -0.39 is 17.0 Å². The van der Waals surface area contributed by atoms with Crippen molar-refractivity contribution in [3.05, 3.63) is 33.9 Å². The maximum atomic E-state index is 11.9. The van der Waals surface area contributed by atoms with Crippen LogP contribution in [0.4, 0.5) is 24.5 Å². The standard InChI is InChI=1S/C9H7F3N2O3/c1-5-4-6(2-3-7(5)14(16)17)13-8(15)9(10,11)12/h2-4H,1H3,(H,13,15). The molecule has 0 saturated carbocycles. The van der Waals surface area contributed by atoms with E-state index in [2.05, 4.69) is 0 Å². The van der Waals surface area contributed by atoms with E-state index in [1.165, 1.54) is 6.92 Å². The van der Waals surface area contributed by atoms with E-state index in [9.17, 15) is 28.1 Å². The van der Waals surface area contributed by atoms with Gasteiger partial charge in [-0.05, 0) is 19.1 Å². The van der Waals surface area contributed by atoms with Crippen molar-refractivity contribution in [1.29, 1.82) is 0 Å². The molecule has 0 unspecified atom stereocenters. The van der Waals surface area contributed by atoms with Gasteiger partial charge in [-0.1, -0.05) is 0 Å². The Hall–Kier alpha value is -2.12. The van der Waals surface area contributed by atoms with Gasteiger partial charge in [-0.3, -0.25) is 14.9 Å². The first-order chi connectivity index (χ1) is 7.71. The van der Waals surface area contributed by atoms with Crippen LogP contribution in [0.3, 0.4) is 0 Å². The van der Waals surface area contributed by atoms with E-state index in [0.29, 0.717) is 0 Å². The summed E-state index contributed by atoms with van der Waals surface area (Å²) in [6.45, 7) is 1.36. The number of alkyl halides is 3. The number of amides is 1. The molecular formula is C9H7F3N2O3.